The van der Waals surface area contributed by atoms with E-state index >= 15 is 0 Å². The number of nitrogens with one attached hydrogen (secondary N) is 1. The molecule has 0 unspecified atom stereocenters. The standard InChI is InChI=1S/C16H19N3O2S.ClH/c1-11-18-14(10-22-11)12-2-4-13(5-3-12)19-15(20)16(17)6-8-21-9-7-16;/h2-5,10H,6-9,17H2,1H3,(H,19,20);1H. The number of carbonyl (C=O) groups is 1. The molecule has 1 saturated heterocycles. The van der Waals surface area contributed by atoms with Crippen molar-refractivity contribution in [1.82, 2.24) is 4.98 Å². The van der Waals surface area contributed by atoms with E-state index in [0.717, 1.165) is 22.0 Å². The van der Waals surface area contributed by atoms with Crippen LogP contribution >= 0.6 is 23.7 Å². The Balaban J connectivity index is 0.00000192. The number of aromatic nitrogens is 1. The number of nitrogens with two attached hydrogens (primary N) is 1. The van der Waals surface area contributed by atoms with Gasteiger partial charge in [-0.15, -0.1) is 23.7 Å². The van der Waals surface area contributed by atoms with Crippen LogP contribution in [0, 0.1) is 6.92 Å². The van der Waals surface area contributed by atoms with Crippen molar-refractivity contribution >= 4 is 35.3 Å². The quantitative estimate of drug-likeness (QED) is 0.889. The summed E-state index contributed by atoms with van der Waals surface area (Å²) in [6, 6.07) is 7.67. The van der Waals surface area contributed by atoms with Gasteiger partial charge >= 0.3 is 0 Å². The SMILES string of the molecule is Cc1nc(-c2ccc(NC(=O)C3(N)CCOCC3)cc2)cs1.Cl. The minimum Gasteiger partial charge on any atom is -0.381 e. The van der Waals surface area contributed by atoms with Crippen LogP contribution in [-0.4, -0.2) is 29.6 Å². The second kappa shape index (κ2) is 7.40. The summed E-state index contributed by atoms with van der Waals surface area (Å²) < 4.78 is 5.27. The van der Waals surface area contributed by atoms with E-state index in [2.05, 4.69) is 10.3 Å². The van der Waals surface area contributed by atoms with Gasteiger partial charge in [-0.05, 0) is 31.9 Å². The number of rotatable bonds is 3. The summed E-state index contributed by atoms with van der Waals surface area (Å²) in [5.41, 5.74) is 8.09. The Labute approximate surface area is 145 Å². The molecule has 1 amide bonds. The second-order valence-electron chi connectivity index (χ2n) is 5.55. The number of aryl methyl sites for hydroxylation is 1. The zero-order chi connectivity index (χ0) is 15.6. The van der Waals surface area contributed by atoms with Gasteiger partial charge < -0.3 is 15.8 Å². The lowest BCUT2D eigenvalue weighted by Crippen LogP contribution is -2.54. The van der Waals surface area contributed by atoms with Crippen LogP contribution in [0.1, 0.15) is 17.8 Å². The van der Waals surface area contributed by atoms with E-state index in [1.54, 1.807) is 11.3 Å². The zero-order valence-electron chi connectivity index (χ0n) is 12.9. The molecule has 1 aliphatic rings. The molecule has 1 fully saturated rings. The number of carbonyl (C=O) groups excluding carboxylic acids is 1. The first kappa shape index (κ1) is 17.9. The minimum absolute atomic E-state index is 0. The summed E-state index contributed by atoms with van der Waals surface area (Å²) >= 11 is 1.62. The van der Waals surface area contributed by atoms with Crippen molar-refractivity contribution in [2.45, 2.75) is 25.3 Å². The lowest BCUT2D eigenvalue weighted by molar-refractivity contribution is -0.124. The molecule has 2 aromatic rings. The molecular weight excluding hydrogens is 334 g/mol. The molecule has 0 bridgehead atoms. The number of thiazole rings is 1. The van der Waals surface area contributed by atoms with Gasteiger partial charge in [0, 0.05) is 29.8 Å². The number of ether oxygens (including phenoxy) is 1. The van der Waals surface area contributed by atoms with Gasteiger partial charge in [0.1, 0.15) is 5.54 Å². The third-order valence-electron chi connectivity index (χ3n) is 3.89. The minimum atomic E-state index is -0.830. The van der Waals surface area contributed by atoms with Crippen LogP contribution in [0.15, 0.2) is 29.6 Å². The van der Waals surface area contributed by atoms with Crippen LogP contribution in [0.2, 0.25) is 0 Å². The third-order valence-corrected chi connectivity index (χ3v) is 4.67. The van der Waals surface area contributed by atoms with Crippen molar-refractivity contribution in [2.75, 3.05) is 18.5 Å². The molecule has 124 valence electrons. The van der Waals surface area contributed by atoms with Gasteiger partial charge in [0.05, 0.1) is 10.7 Å². The number of halogens is 1. The summed E-state index contributed by atoms with van der Waals surface area (Å²) in [7, 11) is 0. The highest BCUT2D eigenvalue weighted by atomic mass is 35.5. The van der Waals surface area contributed by atoms with Gasteiger partial charge in [-0.3, -0.25) is 4.79 Å². The summed E-state index contributed by atoms with van der Waals surface area (Å²) in [5, 5.41) is 5.97. The Kier molecular flexibility index (Phi) is 5.75. The van der Waals surface area contributed by atoms with Gasteiger partial charge in [0.25, 0.3) is 0 Å². The third kappa shape index (κ3) is 4.09. The first-order valence-corrected chi connectivity index (χ1v) is 8.15. The molecule has 23 heavy (non-hydrogen) atoms. The average molecular weight is 354 g/mol. The number of anilines is 1. The highest BCUT2D eigenvalue weighted by Crippen LogP contribution is 2.24. The molecule has 7 heteroatoms. The molecule has 0 atom stereocenters. The molecule has 1 aromatic carbocycles. The first-order chi connectivity index (χ1) is 10.6. The Morgan fingerprint density at radius 1 is 1.30 bits per heavy atom. The average Bonchev–Trinajstić information content (AvgIpc) is 2.95. The van der Waals surface area contributed by atoms with Crippen molar-refractivity contribution in [2.24, 2.45) is 5.73 Å². The lowest BCUT2D eigenvalue weighted by Gasteiger charge is -2.31. The maximum absolute atomic E-state index is 12.3. The topological polar surface area (TPSA) is 77.2 Å². The van der Waals surface area contributed by atoms with Gasteiger partial charge in [-0.1, -0.05) is 12.1 Å². The van der Waals surface area contributed by atoms with E-state index in [1.807, 2.05) is 36.6 Å². The van der Waals surface area contributed by atoms with Gasteiger partial charge in [-0.25, -0.2) is 4.98 Å². The fraction of sp³-hybridized carbons (Fsp3) is 0.375. The second-order valence-corrected chi connectivity index (χ2v) is 6.61. The van der Waals surface area contributed by atoms with E-state index in [9.17, 15) is 4.79 Å². The van der Waals surface area contributed by atoms with Crippen molar-refractivity contribution in [1.29, 1.82) is 0 Å². The fourth-order valence-electron chi connectivity index (χ4n) is 2.44. The van der Waals surface area contributed by atoms with E-state index < -0.39 is 5.54 Å². The summed E-state index contributed by atoms with van der Waals surface area (Å²) in [4.78, 5) is 16.8. The van der Waals surface area contributed by atoms with Gasteiger partial charge in [0.15, 0.2) is 0 Å². The molecule has 1 aliphatic heterocycles. The largest absolute Gasteiger partial charge is 0.381 e. The molecule has 0 spiro atoms. The molecule has 1 aromatic heterocycles. The van der Waals surface area contributed by atoms with E-state index in [0.29, 0.717) is 26.1 Å². The lowest BCUT2D eigenvalue weighted by atomic mass is 9.90. The van der Waals surface area contributed by atoms with Crippen molar-refractivity contribution < 1.29 is 9.53 Å². The van der Waals surface area contributed by atoms with E-state index in [1.165, 1.54) is 0 Å². The number of hydrogen-bond acceptors (Lipinski definition) is 5. The Morgan fingerprint density at radius 2 is 1.96 bits per heavy atom. The van der Waals surface area contributed by atoms with Crippen LogP contribution < -0.4 is 11.1 Å². The van der Waals surface area contributed by atoms with E-state index in [-0.39, 0.29) is 18.3 Å². The van der Waals surface area contributed by atoms with Crippen molar-refractivity contribution in [3.8, 4) is 11.3 Å². The van der Waals surface area contributed by atoms with Gasteiger partial charge in [-0.2, -0.15) is 0 Å². The number of amides is 1. The predicted octanol–water partition coefficient (Wildman–Crippen LogP) is 2.99. The van der Waals surface area contributed by atoms with Crippen LogP contribution in [0.5, 0.6) is 0 Å². The Morgan fingerprint density at radius 3 is 2.52 bits per heavy atom. The maximum Gasteiger partial charge on any atom is 0.244 e. The fourth-order valence-corrected chi connectivity index (χ4v) is 3.06. The van der Waals surface area contributed by atoms with Crippen LogP contribution in [0.25, 0.3) is 11.3 Å². The monoisotopic (exact) mass is 353 g/mol. The first-order valence-electron chi connectivity index (χ1n) is 7.27. The predicted molar refractivity (Wildman–Crippen MR) is 95.1 cm³/mol. The van der Waals surface area contributed by atoms with E-state index in [4.69, 9.17) is 10.5 Å². The highest BCUT2D eigenvalue weighted by Gasteiger charge is 2.35. The molecule has 0 aliphatic carbocycles. The molecule has 3 N–H and O–H groups in total. The highest BCUT2D eigenvalue weighted by molar-refractivity contribution is 7.09. The molecule has 2 heterocycles. The number of benzene rings is 1. The molecule has 0 saturated carbocycles. The summed E-state index contributed by atoms with van der Waals surface area (Å²) in [6.45, 7) is 3.05. The summed E-state index contributed by atoms with van der Waals surface area (Å²) in [5.74, 6) is -0.145. The smallest absolute Gasteiger partial charge is 0.244 e. The molecule has 0 radical (unpaired) electrons. The number of hydrogen-bond donors (Lipinski definition) is 2. The Bertz CT molecular complexity index is 666. The maximum atomic E-state index is 12.3. The zero-order valence-corrected chi connectivity index (χ0v) is 14.5. The molecule has 3 rings (SSSR count). The number of nitrogens with zero attached hydrogens (tertiary/aromatic N) is 1. The summed E-state index contributed by atoms with van der Waals surface area (Å²) in [6.07, 6.45) is 1.10. The van der Waals surface area contributed by atoms with Crippen LogP contribution in [0.3, 0.4) is 0 Å². The van der Waals surface area contributed by atoms with Crippen LogP contribution in [-0.2, 0) is 9.53 Å². The molecular formula is C16H20ClN3O2S. The van der Waals surface area contributed by atoms with Crippen molar-refractivity contribution in [3.63, 3.8) is 0 Å². The Hall–Kier alpha value is -1.47. The van der Waals surface area contributed by atoms with Crippen molar-refractivity contribution in [3.05, 3.63) is 34.7 Å². The van der Waals surface area contributed by atoms with Crippen LogP contribution in [0.4, 0.5) is 5.69 Å². The molecule has 5 nitrogen and oxygen atoms in total. The normalized spacial score (nSPS) is 16.4. The van der Waals surface area contributed by atoms with Gasteiger partial charge in [0.2, 0.25) is 5.91 Å².